The van der Waals surface area contributed by atoms with Gasteiger partial charge in [0, 0.05) is 16.7 Å². The predicted octanol–water partition coefficient (Wildman–Crippen LogP) is 6.17. The summed E-state index contributed by atoms with van der Waals surface area (Å²) in [4.78, 5) is 18.4. The van der Waals surface area contributed by atoms with Crippen LogP contribution in [0.15, 0.2) is 60.7 Å². The van der Waals surface area contributed by atoms with Crippen LogP contribution in [0.1, 0.15) is 32.7 Å². The van der Waals surface area contributed by atoms with Crippen molar-refractivity contribution in [3.8, 4) is 45.7 Å². The number of nitrogens with zero attached hydrogens (tertiary/aromatic N) is 2. The molecule has 0 amide bonds. The van der Waals surface area contributed by atoms with E-state index in [1.54, 1.807) is 48.6 Å². The summed E-state index contributed by atoms with van der Waals surface area (Å²) < 4.78 is 29.9. The monoisotopic (exact) mass is 492 g/mol. The molecule has 6 nitrogen and oxygen atoms in total. The fourth-order valence-corrected chi connectivity index (χ4v) is 4.54. The maximum Gasteiger partial charge on any atom is 0.203 e. The van der Waals surface area contributed by atoms with Crippen molar-refractivity contribution < 1.29 is 23.4 Å². The number of methoxy groups -OCH3 is 3. The number of carbonyl (C=O) groups is 1. The van der Waals surface area contributed by atoms with Crippen molar-refractivity contribution in [2.75, 3.05) is 21.3 Å². The van der Waals surface area contributed by atoms with Gasteiger partial charge in [-0.25, -0.2) is 9.37 Å². The number of benzene rings is 3. The number of ketones is 1. The first-order chi connectivity index (χ1) is 18.0. The van der Waals surface area contributed by atoms with E-state index < -0.39 is 0 Å². The van der Waals surface area contributed by atoms with Gasteiger partial charge in [-0.3, -0.25) is 4.79 Å². The van der Waals surface area contributed by atoms with Gasteiger partial charge < -0.3 is 14.2 Å². The Hall–Kier alpha value is -4.96. The topological polar surface area (TPSA) is 81.4 Å². The molecule has 3 aromatic carbocycles. The molecule has 0 radical (unpaired) electrons. The van der Waals surface area contributed by atoms with E-state index in [0.717, 1.165) is 5.56 Å². The molecular formula is C30H21FN2O4. The highest BCUT2D eigenvalue weighted by Gasteiger charge is 2.34. The Kier molecular flexibility index (Phi) is 6.16. The van der Waals surface area contributed by atoms with Gasteiger partial charge in [-0.1, -0.05) is 42.5 Å². The number of hydrogen-bond acceptors (Lipinski definition) is 6. The standard InChI is InChI=1S/C30H21FN2O4/c1-35-24-14-18(15-25(36-2)30(24)37-3)26-22(16-32)23(13-10-17-8-11-19(31)12-9-17)33-28-20-6-4-5-7-21(20)29(34)27(26)28/h4-15H,1-3H3. The van der Waals surface area contributed by atoms with Gasteiger partial charge in [-0.15, -0.1) is 0 Å². The number of pyridine rings is 1. The predicted molar refractivity (Wildman–Crippen MR) is 138 cm³/mol. The van der Waals surface area contributed by atoms with Crippen LogP contribution >= 0.6 is 0 Å². The average Bonchev–Trinajstić information content (AvgIpc) is 3.22. The van der Waals surface area contributed by atoms with Crippen molar-refractivity contribution in [2.24, 2.45) is 0 Å². The van der Waals surface area contributed by atoms with Crippen LogP contribution in [0.5, 0.6) is 17.2 Å². The van der Waals surface area contributed by atoms with Crippen LogP contribution in [-0.4, -0.2) is 32.1 Å². The summed E-state index contributed by atoms with van der Waals surface area (Å²) in [6.45, 7) is 0. The molecule has 4 aromatic rings. The molecule has 0 saturated carbocycles. The summed E-state index contributed by atoms with van der Waals surface area (Å²) in [5.74, 6) is 0.608. The number of fused-ring (bicyclic) bond motifs is 3. The van der Waals surface area contributed by atoms with Gasteiger partial charge in [-0.05, 0) is 41.5 Å². The minimum atomic E-state index is -0.342. The third-order valence-corrected chi connectivity index (χ3v) is 6.25. The molecule has 0 unspecified atom stereocenters. The largest absolute Gasteiger partial charge is 0.493 e. The molecular weight excluding hydrogens is 471 g/mol. The lowest BCUT2D eigenvalue weighted by atomic mass is 9.91. The number of nitriles is 1. The van der Waals surface area contributed by atoms with Gasteiger partial charge in [0.1, 0.15) is 11.9 Å². The highest BCUT2D eigenvalue weighted by Crippen LogP contribution is 2.47. The summed E-state index contributed by atoms with van der Waals surface area (Å²) in [6.07, 6.45) is 3.44. The van der Waals surface area contributed by atoms with Crippen LogP contribution in [0.2, 0.25) is 0 Å². The summed E-state index contributed by atoms with van der Waals surface area (Å²) in [5, 5.41) is 10.3. The van der Waals surface area contributed by atoms with Crippen molar-refractivity contribution in [2.45, 2.75) is 0 Å². The molecule has 1 aliphatic carbocycles. The Morgan fingerprint density at radius 3 is 2.11 bits per heavy atom. The first-order valence-electron chi connectivity index (χ1n) is 11.4. The van der Waals surface area contributed by atoms with E-state index >= 15 is 0 Å². The summed E-state index contributed by atoms with van der Waals surface area (Å²) in [5.41, 5.74) is 4.33. The van der Waals surface area contributed by atoms with Gasteiger partial charge in [0.2, 0.25) is 5.75 Å². The van der Waals surface area contributed by atoms with Gasteiger partial charge in [0.25, 0.3) is 0 Å². The maximum absolute atomic E-state index is 13.6. The number of aromatic nitrogens is 1. The third kappa shape index (κ3) is 3.99. The van der Waals surface area contributed by atoms with Gasteiger partial charge in [0.15, 0.2) is 17.3 Å². The number of hydrogen-bond donors (Lipinski definition) is 0. The van der Waals surface area contributed by atoms with Crippen LogP contribution in [0.25, 0.3) is 34.5 Å². The molecule has 182 valence electrons. The second-order valence-electron chi connectivity index (χ2n) is 8.26. The normalized spacial score (nSPS) is 11.7. The van der Waals surface area contributed by atoms with Crippen LogP contribution in [0.3, 0.4) is 0 Å². The van der Waals surface area contributed by atoms with Gasteiger partial charge >= 0.3 is 0 Å². The molecule has 0 bridgehead atoms. The molecule has 7 heteroatoms. The van der Waals surface area contributed by atoms with Crippen LogP contribution in [0.4, 0.5) is 4.39 Å². The van der Waals surface area contributed by atoms with Gasteiger partial charge in [-0.2, -0.15) is 5.26 Å². The summed E-state index contributed by atoms with van der Waals surface area (Å²) >= 11 is 0. The zero-order valence-corrected chi connectivity index (χ0v) is 20.3. The zero-order valence-electron chi connectivity index (χ0n) is 20.3. The van der Waals surface area contributed by atoms with Crippen molar-refractivity contribution in [3.05, 3.63) is 94.4 Å². The smallest absolute Gasteiger partial charge is 0.203 e. The minimum Gasteiger partial charge on any atom is -0.493 e. The summed E-state index contributed by atoms with van der Waals surface area (Å²) in [6, 6.07) is 18.9. The van der Waals surface area contributed by atoms with E-state index in [1.165, 1.54) is 33.5 Å². The Balaban J connectivity index is 1.82. The molecule has 37 heavy (non-hydrogen) atoms. The average molecular weight is 493 g/mol. The Labute approximate surface area is 213 Å². The quantitative estimate of drug-likeness (QED) is 0.282. The molecule has 5 rings (SSSR count). The van der Waals surface area contributed by atoms with E-state index in [4.69, 9.17) is 19.2 Å². The van der Waals surface area contributed by atoms with Crippen LogP contribution in [-0.2, 0) is 0 Å². The lowest BCUT2D eigenvalue weighted by Gasteiger charge is -2.17. The summed E-state index contributed by atoms with van der Waals surface area (Å²) in [7, 11) is 4.51. The zero-order chi connectivity index (χ0) is 26.1. The third-order valence-electron chi connectivity index (χ3n) is 6.25. The Morgan fingerprint density at radius 2 is 1.51 bits per heavy atom. The fraction of sp³-hybridized carbons (Fsp3) is 0.100. The maximum atomic E-state index is 13.6. The molecule has 0 aliphatic heterocycles. The number of rotatable bonds is 6. The van der Waals surface area contributed by atoms with Crippen molar-refractivity contribution in [3.63, 3.8) is 0 Å². The second kappa shape index (κ2) is 9.59. The Bertz CT molecular complexity index is 1590. The minimum absolute atomic E-state index is 0.215. The van der Waals surface area contributed by atoms with Crippen molar-refractivity contribution >= 4 is 17.9 Å². The van der Waals surface area contributed by atoms with Crippen molar-refractivity contribution in [1.29, 1.82) is 5.26 Å². The molecule has 0 atom stereocenters. The lowest BCUT2D eigenvalue weighted by Crippen LogP contribution is -2.05. The first kappa shape index (κ1) is 23.8. The molecule has 0 fully saturated rings. The highest BCUT2D eigenvalue weighted by atomic mass is 19.1. The lowest BCUT2D eigenvalue weighted by molar-refractivity contribution is 0.104. The number of halogens is 1. The van der Waals surface area contributed by atoms with Gasteiger partial charge in [0.05, 0.1) is 43.8 Å². The van der Waals surface area contributed by atoms with E-state index in [2.05, 4.69) is 6.07 Å². The fourth-order valence-electron chi connectivity index (χ4n) is 4.54. The van der Waals surface area contributed by atoms with Crippen LogP contribution in [0, 0.1) is 17.1 Å². The SMILES string of the molecule is COc1cc(-c2c(C#N)c(C=Cc3ccc(F)cc3)nc3c2C(=O)c2ccccc2-3)cc(OC)c1OC. The van der Waals surface area contributed by atoms with E-state index in [1.807, 2.05) is 12.1 Å². The molecule has 0 spiro atoms. The van der Waals surface area contributed by atoms with Crippen molar-refractivity contribution in [1.82, 2.24) is 4.98 Å². The molecule has 0 saturated heterocycles. The highest BCUT2D eigenvalue weighted by molar-refractivity contribution is 6.24. The molecule has 1 aliphatic rings. The Morgan fingerprint density at radius 1 is 0.865 bits per heavy atom. The molecule has 0 N–H and O–H groups in total. The molecule has 1 heterocycles. The number of carbonyl (C=O) groups excluding carboxylic acids is 1. The van der Waals surface area contributed by atoms with E-state index in [9.17, 15) is 14.4 Å². The van der Waals surface area contributed by atoms with Crippen LogP contribution < -0.4 is 14.2 Å². The molecule has 1 aromatic heterocycles. The number of ether oxygens (including phenoxy) is 3. The second-order valence-corrected chi connectivity index (χ2v) is 8.26. The van der Waals surface area contributed by atoms with E-state index in [0.29, 0.717) is 56.5 Å². The van der Waals surface area contributed by atoms with E-state index in [-0.39, 0.29) is 17.2 Å². The first-order valence-corrected chi connectivity index (χ1v) is 11.4.